The van der Waals surface area contributed by atoms with Gasteiger partial charge in [0.25, 0.3) is 11.6 Å². The van der Waals surface area contributed by atoms with Gasteiger partial charge in [-0.15, -0.1) is 0 Å². The summed E-state index contributed by atoms with van der Waals surface area (Å²) in [5.74, 6) is 0.170. The summed E-state index contributed by atoms with van der Waals surface area (Å²) < 4.78 is 5.71. The van der Waals surface area contributed by atoms with Crippen molar-refractivity contribution in [1.29, 1.82) is 0 Å². The molecule has 1 aliphatic carbocycles. The summed E-state index contributed by atoms with van der Waals surface area (Å²) in [5, 5.41) is 17.3. The van der Waals surface area contributed by atoms with Gasteiger partial charge in [-0.25, -0.2) is 0 Å². The quantitative estimate of drug-likeness (QED) is 0.383. The van der Waals surface area contributed by atoms with E-state index in [2.05, 4.69) is 17.6 Å². The van der Waals surface area contributed by atoms with E-state index < -0.39 is 10.8 Å². The fourth-order valence-corrected chi connectivity index (χ4v) is 2.61. The van der Waals surface area contributed by atoms with Crippen molar-refractivity contribution in [3.8, 4) is 5.75 Å². The molecule has 0 heterocycles. The third-order valence-electron chi connectivity index (χ3n) is 4.28. The normalized spacial score (nSPS) is 13.1. The number of nitrogens with zero attached hydrogens (tertiary/aromatic N) is 1. The molecule has 0 radical (unpaired) electrons. The van der Waals surface area contributed by atoms with Gasteiger partial charge in [-0.05, 0) is 43.5 Å². The highest BCUT2D eigenvalue weighted by molar-refractivity contribution is 6.05. The number of anilines is 2. The predicted octanol–water partition coefficient (Wildman–Crippen LogP) is 4.60. The van der Waals surface area contributed by atoms with Crippen molar-refractivity contribution in [2.45, 2.75) is 38.6 Å². The van der Waals surface area contributed by atoms with Crippen LogP contribution in [0.15, 0.2) is 42.5 Å². The van der Waals surface area contributed by atoms with Crippen LogP contribution in [0.5, 0.6) is 5.75 Å². The number of para-hydroxylation sites is 2. The van der Waals surface area contributed by atoms with Gasteiger partial charge in [-0.2, -0.15) is 0 Å². The number of carbonyl (C=O) groups excluding carboxylic acids is 1. The van der Waals surface area contributed by atoms with Crippen molar-refractivity contribution in [3.63, 3.8) is 0 Å². The molecule has 0 aliphatic heterocycles. The van der Waals surface area contributed by atoms with Gasteiger partial charge in [0.05, 0.1) is 17.2 Å². The molecule has 2 aromatic rings. The molecule has 1 amide bonds. The van der Waals surface area contributed by atoms with E-state index in [1.165, 1.54) is 6.07 Å². The van der Waals surface area contributed by atoms with Gasteiger partial charge in [-0.3, -0.25) is 14.9 Å². The van der Waals surface area contributed by atoms with E-state index in [-0.39, 0.29) is 17.3 Å². The number of benzene rings is 2. The molecule has 0 aromatic heterocycles. The Morgan fingerprint density at radius 2 is 2.00 bits per heavy atom. The van der Waals surface area contributed by atoms with Crippen LogP contribution < -0.4 is 15.4 Å². The second-order valence-electron chi connectivity index (χ2n) is 6.56. The van der Waals surface area contributed by atoms with Gasteiger partial charge in [0.1, 0.15) is 11.4 Å². The minimum absolute atomic E-state index is 0.0953. The van der Waals surface area contributed by atoms with Crippen LogP contribution in [-0.2, 0) is 0 Å². The molecule has 0 spiro atoms. The van der Waals surface area contributed by atoms with Gasteiger partial charge in [-0.1, -0.05) is 25.5 Å². The number of unbranched alkanes of at least 4 members (excludes halogenated alkanes) is 1. The number of nitrogens with one attached hydrogen (secondary N) is 2. The molecule has 2 N–H and O–H groups in total. The molecule has 7 nitrogen and oxygen atoms in total. The summed E-state index contributed by atoms with van der Waals surface area (Å²) in [4.78, 5) is 23.5. The van der Waals surface area contributed by atoms with Crippen LogP contribution in [0.1, 0.15) is 43.0 Å². The molecular formula is C20H23N3O4. The van der Waals surface area contributed by atoms with Crippen molar-refractivity contribution in [1.82, 2.24) is 0 Å². The average Bonchev–Trinajstić information content (AvgIpc) is 3.47. The highest BCUT2D eigenvalue weighted by atomic mass is 16.6. The standard InChI is InChI=1S/C20H23N3O4/c1-2-3-12-27-19-7-5-4-6-17(19)22-20(24)14-8-11-16(21-15-9-10-15)18(13-14)23(25)26/h4-8,11,13,15,21H,2-3,9-10,12H2,1H3,(H,22,24). The van der Waals surface area contributed by atoms with Crippen LogP contribution in [0.3, 0.4) is 0 Å². The first-order valence-corrected chi connectivity index (χ1v) is 9.16. The lowest BCUT2D eigenvalue weighted by atomic mass is 10.1. The minimum atomic E-state index is -0.469. The predicted molar refractivity (Wildman–Crippen MR) is 105 cm³/mol. The number of hydrogen-bond acceptors (Lipinski definition) is 5. The zero-order valence-electron chi connectivity index (χ0n) is 15.2. The van der Waals surface area contributed by atoms with Crippen molar-refractivity contribution in [2.75, 3.05) is 17.2 Å². The molecule has 0 unspecified atom stereocenters. The Kier molecular flexibility index (Phi) is 5.90. The Labute approximate surface area is 157 Å². The number of ether oxygens (including phenoxy) is 1. The maximum absolute atomic E-state index is 12.6. The summed E-state index contributed by atoms with van der Waals surface area (Å²) in [6.07, 6.45) is 3.95. The number of amides is 1. The highest BCUT2D eigenvalue weighted by Crippen LogP contribution is 2.32. The van der Waals surface area contributed by atoms with Crippen molar-refractivity contribution in [2.24, 2.45) is 0 Å². The molecule has 2 aromatic carbocycles. The molecule has 27 heavy (non-hydrogen) atoms. The molecule has 1 fully saturated rings. The van der Waals surface area contributed by atoms with E-state index in [4.69, 9.17) is 4.74 Å². The van der Waals surface area contributed by atoms with Gasteiger partial charge in [0, 0.05) is 17.7 Å². The van der Waals surface area contributed by atoms with E-state index >= 15 is 0 Å². The Hall–Kier alpha value is -3.09. The minimum Gasteiger partial charge on any atom is -0.491 e. The first kappa shape index (κ1) is 18.7. The fourth-order valence-electron chi connectivity index (χ4n) is 2.61. The summed E-state index contributed by atoms with van der Waals surface area (Å²) in [6.45, 7) is 2.64. The molecule has 0 atom stereocenters. The second-order valence-corrected chi connectivity index (χ2v) is 6.56. The van der Waals surface area contributed by atoms with Crippen LogP contribution >= 0.6 is 0 Å². The third kappa shape index (κ3) is 4.97. The van der Waals surface area contributed by atoms with Crippen LogP contribution in [-0.4, -0.2) is 23.5 Å². The largest absolute Gasteiger partial charge is 0.491 e. The number of nitro groups is 1. The lowest BCUT2D eigenvalue weighted by Gasteiger charge is -2.13. The van der Waals surface area contributed by atoms with Gasteiger partial charge >= 0.3 is 0 Å². The smallest absolute Gasteiger partial charge is 0.293 e. The Balaban J connectivity index is 1.76. The monoisotopic (exact) mass is 369 g/mol. The van der Waals surface area contributed by atoms with Crippen LogP contribution in [0.2, 0.25) is 0 Å². The average molecular weight is 369 g/mol. The Bertz CT molecular complexity index is 834. The van der Waals surface area contributed by atoms with E-state index in [1.54, 1.807) is 30.3 Å². The lowest BCUT2D eigenvalue weighted by molar-refractivity contribution is -0.384. The maximum Gasteiger partial charge on any atom is 0.293 e. The summed E-state index contributed by atoms with van der Waals surface area (Å²) in [6, 6.07) is 11.9. The van der Waals surface area contributed by atoms with Gasteiger partial charge in [0.15, 0.2) is 0 Å². The fraction of sp³-hybridized carbons (Fsp3) is 0.350. The first-order chi connectivity index (χ1) is 13.1. The number of hydrogen-bond donors (Lipinski definition) is 2. The van der Waals surface area contributed by atoms with Gasteiger partial charge in [0.2, 0.25) is 0 Å². The first-order valence-electron chi connectivity index (χ1n) is 9.16. The van der Waals surface area contributed by atoms with E-state index in [0.717, 1.165) is 25.7 Å². The van der Waals surface area contributed by atoms with Crippen LogP contribution in [0.4, 0.5) is 17.1 Å². The molecule has 3 rings (SSSR count). The van der Waals surface area contributed by atoms with Crippen molar-refractivity contribution >= 4 is 23.0 Å². The summed E-state index contributed by atoms with van der Waals surface area (Å²) >= 11 is 0. The number of nitro benzene ring substituents is 1. The SMILES string of the molecule is CCCCOc1ccccc1NC(=O)c1ccc(NC2CC2)c([N+](=O)[O-])c1. The van der Waals surface area contributed by atoms with E-state index in [9.17, 15) is 14.9 Å². The highest BCUT2D eigenvalue weighted by Gasteiger charge is 2.25. The molecule has 1 saturated carbocycles. The van der Waals surface area contributed by atoms with E-state index in [1.807, 2.05) is 6.07 Å². The topological polar surface area (TPSA) is 93.5 Å². The molecular weight excluding hydrogens is 346 g/mol. The molecule has 1 aliphatic rings. The van der Waals surface area contributed by atoms with Crippen LogP contribution in [0.25, 0.3) is 0 Å². The molecule has 7 heteroatoms. The molecule has 0 saturated heterocycles. The summed E-state index contributed by atoms with van der Waals surface area (Å²) in [5.41, 5.74) is 1.12. The summed E-state index contributed by atoms with van der Waals surface area (Å²) in [7, 11) is 0. The van der Waals surface area contributed by atoms with Gasteiger partial charge < -0.3 is 15.4 Å². The Morgan fingerprint density at radius 1 is 1.22 bits per heavy atom. The third-order valence-corrected chi connectivity index (χ3v) is 4.28. The number of carbonyl (C=O) groups is 1. The number of rotatable bonds is 9. The van der Waals surface area contributed by atoms with Crippen molar-refractivity contribution < 1.29 is 14.5 Å². The van der Waals surface area contributed by atoms with Crippen LogP contribution in [0, 0.1) is 10.1 Å². The Morgan fingerprint density at radius 3 is 2.70 bits per heavy atom. The second kappa shape index (κ2) is 8.53. The molecule has 142 valence electrons. The lowest BCUT2D eigenvalue weighted by Crippen LogP contribution is -2.14. The molecule has 0 bridgehead atoms. The van der Waals surface area contributed by atoms with E-state index in [0.29, 0.717) is 23.7 Å². The maximum atomic E-state index is 12.6. The zero-order chi connectivity index (χ0) is 19.2. The zero-order valence-corrected chi connectivity index (χ0v) is 15.2. The van der Waals surface area contributed by atoms with Crippen molar-refractivity contribution in [3.05, 3.63) is 58.1 Å².